The van der Waals surface area contributed by atoms with E-state index in [1.165, 1.54) is 16.7 Å². The van der Waals surface area contributed by atoms with Crippen molar-refractivity contribution in [2.45, 2.75) is 19.5 Å². The third kappa shape index (κ3) is 4.52. The van der Waals surface area contributed by atoms with Crippen molar-refractivity contribution >= 4 is 11.3 Å². The first-order valence-corrected chi connectivity index (χ1v) is 8.51. The minimum absolute atomic E-state index is 0.963. The molecule has 2 nitrogen and oxygen atoms in total. The molecule has 2 heterocycles. The monoisotopic (exact) mass is 308 g/mol. The number of benzene rings is 1. The van der Waals surface area contributed by atoms with E-state index in [9.17, 15) is 0 Å². The highest BCUT2D eigenvalue weighted by Crippen LogP contribution is 2.13. The Morgan fingerprint density at radius 2 is 1.59 bits per heavy atom. The molecule has 22 heavy (non-hydrogen) atoms. The molecule has 3 rings (SSSR count). The number of pyridine rings is 1. The number of hydrogen-bond donors (Lipinski definition) is 0. The maximum atomic E-state index is 4.11. The summed E-state index contributed by atoms with van der Waals surface area (Å²) < 4.78 is 0. The highest BCUT2D eigenvalue weighted by Gasteiger charge is 2.08. The van der Waals surface area contributed by atoms with Crippen molar-refractivity contribution in [3.05, 3.63) is 88.4 Å². The summed E-state index contributed by atoms with van der Waals surface area (Å²) in [6.45, 7) is 3.02. The second-order valence-corrected chi connectivity index (χ2v) is 6.21. The standard InChI is InChI=1S/C19H20N2S/c1-2-4-17(5-3-1)8-12-21(15-19-9-13-22-16-19)14-18-6-10-20-11-7-18/h1-7,9-11,13,16H,8,12,14-15H2. The first-order chi connectivity index (χ1) is 10.9. The van der Waals surface area contributed by atoms with E-state index in [0.717, 1.165) is 26.1 Å². The topological polar surface area (TPSA) is 16.1 Å². The maximum absolute atomic E-state index is 4.11. The largest absolute Gasteiger partial charge is 0.294 e. The van der Waals surface area contributed by atoms with Crippen LogP contribution in [-0.4, -0.2) is 16.4 Å². The molecule has 0 saturated heterocycles. The summed E-state index contributed by atoms with van der Waals surface area (Å²) in [5, 5.41) is 4.39. The quantitative estimate of drug-likeness (QED) is 0.643. The molecule has 0 N–H and O–H groups in total. The normalized spacial score (nSPS) is 11.0. The average molecular weight is 308 g/mol. The predicted octanol–water partition coefficient (Wildman–Crippen LogP) is 4.39. The Labute approximate surface area is 136 Å². The molecule has 0 spiro atoms. The lowest BCUT2D eigenvalue weighted by Gasteiger charge is -2.22. The fourth-order valence-corrected chi connectivity index (χ4v) is 3.19. The SMILES string of the molecule is c1ccc(CCN(Cc2ccncc2)Cc2ccsc2)cc1. The summed E-state index contributed by atoms with van der Waals surface area (Å²) in [5.41, 5.74) is 4.11. The highest BCUT2D eigenvalue weighted by molar-refractivity contribution is 7.07. The number of thiophene rings is 1. The summed E-state index contributed by atoms with van der Waals surface area (Å²) in [4.78, 5) is 6.61. The van der Waals surface area contributed by atoms with Crippen LogP contribution in [0.1, 0.15) is 16.7 Å². The van der Waals surface area contributed by atoms with E-state index in [1.807, 2.05) is 12.4 Å². The molecule has 3 heteroatoms. The first kappa shape index (κ1) is 14.9. The molecule has 0 radical (unpaired) electrons. The van der Waals surface area contributed by atoms with E-state index in [4.69, 9.17) is 0 Å². The van der Waals surface area contributed by atoms with E-state index < -0.39 is 0 Å². The van der Waals surface area contributed by atoms with Gasteiger partial charge in [0, 0.05) is 32.0 Å². The molecule has 0 aliphatic heterocycles. The molecule has 1 aromatic carbocycles. The minimum atomic E-state index is 0.963. The molecule has 0 fully saturated rings. The van der Waals surface area contributed by atoms with Crippen molar-refractivity contribution in [1.82, 2.24) is 9.88 Å². The Morgan fingerprint density at radius 3 is 2.32 bits per heavy atom. The number of aromatic nitrogens is 1. The van der Waals surface area contributed by atoms with Crippen LogP contribution in [-0.2, 0) is 19.5 Å². The molecule has 0 aliphatic carbocycles. The van der Waals surface area contributed by atoms with Crippen LogP contribution >= 0.6 is 11.3 Å². The highest BCUT2D eigenvalue weighted by atomic mass is 32.1. The Kier molecular flexibility index (Phi) is 5.35. The minimum Gasteiger partial charge on any atom is -0.294 e. The van der Waals surface area contributed by atoms with Crippen molar-refractivity contribution in [3.63, 3.8) is 0 Å². The third-order valence-electron chi connectivity index (χ3n) is 3.70. The summed E-state index contributed by atoms with van der Waals surface area (Å²) in [6, 6.07) is 17.1. The van der Waals surface area contributed by atoms with Gasteiger partial charge in [-0.3, -0.25) is 9.88 Å². The third-order valence-corrected chi connectivity index (χ3v) is 4.43. The lowest BCUT2D eigenvalue weighted by Crippen LogP contribution is -2.25. The van der Waals surface area contributed by atoms with Gasteiger partial charge < -0.3 is 0 Å². The van der Waals surface area contributed by atoms with E-state index >= 15 is 0 Å². The Balaban J connectivity index is 1.65. The van der Waals surface area contributed by atoms with Gasteiger partial charge >= 0.3 is 0 Å². The van der Waals surface area contributed by atoms with Crippen molar-refractivity contribution in [2.75, 3.05) is 6.54 Å². The van der Waals surface area contributed by atoms with Gasteiger partial charge in [0.25, 0.3) is 0 Å². The Hall–Kier alpha value is -1.97. The van der Waals surface area contributed by atoms with Gasteiger partial charge in [0.05, 0.1) is 0 Å². The Bertz CT molecular complexity index is 650. The lowest BCUT2D eigenvalue weighted by molar-refractivity contribution is 0.260. The molecular formula is C19H20N2S. The zero-order valence-corrected chi connectivity index (χ0v) is 13.4. The van der Waals surface area contributed by atoms with Crippen molar-refractivity contribution < 1.29 is 0 Å². The van der Waals surface area contributed by atoms with Crippen LogP contribution in [0, 0.1) is 0 Å². The van der Waals surface area contributed by atoms with E-state index in [0.29, 0.717) is 0 Å². The molecule has 0 bridgehead atoms. The first-order valence-electron chi connectivity index (χ1n) is 7.56. The summed E-state index contributed by atoms with van der Waals surface area (Å²) in [7, 11) is 0. The molecule has 0 aliphatic rings. The van der Waals surface area contributed by atoms with Crippen molar-refractivity contribution in [1.29, 1.82) is 0 Å². The van der Waals surface area contributed by atoms with Gasteiger partial charge in [-0.2, -0.15) is 11.3 Å². The predicted molar refractivity (Wildman–Crippen MR) is 92.8 cm³/mol. The van der Waals surface area contributed by atoms with Crippen LogP contribution < -0.4 is 0 Å². The second-order valence-electron chi connectivity index (χ2n) is 5.43. The zero-order chi connectivity index (χ0) is 15.0. The fourth-order valence-electron chi connectivity index (χ4n) is 2.53. The van der Waals surface area contributed by atoms with Gasteiger partial charge in [-0.15, -0.1) is 0 Å². The van der Waals surface area contributed by atoms with Gasteiger partial charge in [-0.25, -0.2) is 0 Å². The van der Waals surface area contributed by atoms with Crippen LogP contribution in [0.2, 0.25) is 0 Å². The van der Waals surface area contributed by atoms with Crippen LogP contribution in [0.25, 0.3) is 0 Å². The number of rotatable bonds is 7. The summed E-state index contributed by atoms with van der Waals surface area (Å²) in [6.07, 6.45) is 4.82. The number of hydrogen-bond acceptors (Lipinski definition) is 3. The number of nitrogens with zero attached hydrogens (tertiary/aromatic N) is 2. The van der Waals surface area contributed by atoms with E-state index in [-0.39, 0.29) is 0 Å². The van der Waals surface area contributed by atoms with Gasteiger partial charge in [0.2, 0.25) is 0 Å². The smallest absolute Gasteiger partial charge is 0.0271 e. The molecule has 0 saturated carbocycles. The molecular weight excluding hydrogens is 288 g/mol. The second kappa shape index (κ2) is 7.87. The van der Waals surface area contributed by atoms with Crippen LogP contribution in [0.15, 0.2) is 71.7 Å². The van der Waals surface area contributed by atoms with Gasteiger partial charge in [0.15, 0.2) is 0 Å². The van der Waals surface area contributed by atoms with Crippen LogP contribution in [0.4, 0.5) is 0 Å². The van der Waals surface area contributed by atoms with Crippen molar-refractivity contribution in [3.8, 4) is 0 Å². The molecule has 0 amide bonds. The maximum Gasteiger partial charge on any atom is 0.0271 e. The van der Waals surface area contributed by atoms with Gasteiger partial charge in [-0.05, 0) is 52.1 Å². The van der Waals surface area contributed by atoms with E-state index in [2.05, 4.69) is 69.2 Å². The van der Waals surface area contributed by atoms with Crippen molar-refractivity contribution in [2.24, 2.45) is 0 Å². The van der Waals surface area contributed by atoms with Gasteiger partial charge in [-0.1, -0.05) is 30.3 Å². The van der Waals surface area contributed by atoms with E-state index in [1.54, 1.807) is 11.3 Å². The molecule has 0 atom stereocenters. The fraction of sp³-hybridized carbons (Fsp3) is 0.211. The molecule has 0 unspecified atom stereocenters. The zero-order valence-electron chi connectivity index (χ0n) is 12.6. The van der Waals surface area contributed by atoms with Gasteiger partial charge in [0.1, 0.15) is 0 Å². The summed E-state index contributed by atoms with van der Waals surface area (Å²) in [5.74, 6) is 0. The summed E-state index contributed by atoms with van der Waals surface area (Å²) >= 11 is 1.77. The average Bonchev–Trinajstić information content (AvgIpc) is 3.08. The van der Waals surface area contributed by atoms with Crippen LogP contribution in [0.3, 0.4) is 0 Å². The van der Waals surface area contributed by atoms with Crippen LogP contribution in [0.5, 0.6) is 0 Å². The molecule has 112 valence electrons. The molecule has 2 aromatic heterocycles. The Morgan fingerprint density at radius 1 is 0.818 bits per heavy atom. The lowest BCUT2D eigenvalue weighted by atomic mass is 10.1. The molecule has 3 aromatic rings.